The lowest BCUT2D eigenvalue weighted by molar-refractivity contribution is -0.908. The Labute approximate surface area is 180 Å². The summed E-state index contributed by atoms with van der Waals surface area (Å²) < 4.78 is 10.2. The van der Waals surface area contributed by atoms with Crippen molar-refractivity contribution in [2.45, 2.75) is 6.42 Å². The van der Waals surface area contributed by atoms with Gasteiger partial charge in [0.2, 0.25) is 5.91 Å². The number of nitrogens with zero attached hydrogens (tertiary/aromatic N) is 2. The maximum atomic E-state index is 13.3. The number of ether oxygens (including phenoxy) is 1. The van der Waals surface area contributed by atoms with E-state index in [9.17, 15) is 9.59 Å². The molecule has 162 valence electrons. The van der Waals surface area contributed by atoms with Gasteiger partial charge in [-0.25, -0.2) is 0 Å². The van der Waals surface area contributed by atoms with Crippen molar-refractivity contribution in [3.05, 3.63) is 60.4 Å². The van der Waals surface area contributed by atoms with Crippen LogP contribution in [0.15, 0.2) is 59.3 Å². The van der Waals surface area contributed by atoms with Crippen LogP contribution in [0.3, 0.4) is 0 Å². The minimum atomic E-state index is -0.304. The van der Waals surface area contributed by atoms with E-state index in [2.05, 4.69) is 10.5 Å². The average Bonchev–Trinajstić information content (AvgIpc) is 3.31. The maximum absolute atomic E-state index is 13.3. The molecule has 31 heavy (non-hydrogen) atoms. The molecule has 0 saturated carbocycles. The largest absolute Gasteiger partial charge is 0.370 e. The molecule has 0 unspecified atom stereocenters. The minimum absolute atomic E-state index is 0.0447. The van der Waals surface area contributed by atoms with Crippen LogP contribution in [0.4, 0.5) is 5.82 Å². The number of hydrogen-bond donors (Lipinski definition) is 2. The molecule has 1 aliphatic heterocycles. The first-order valence-corrected chi connectivity index (χ1v) is 10.6. The van der Waals surface area contributed by atoms with Gasteiger partial charge in [-0.3, -0.25) is 9.59 Å². The summed E-state index contributed by atoms with van der Waals surface area (Å²) in [5, 5.41) is 8.44. The normalized spacial score (nSPS) is 14.5. The Bertz CT molecular complexity index is 1020. The predicted octanol–water partition coefficient (Wildman–Crippen LogP) is 1.21. The molecule has 8 heteroatoms. The first-order chi connectivity index (χ1) is 15.2. The van der Waals surface area contributed by atoms with E-state index in [1.54, 1.807) is 11.0 Å². The summed E-state index contributed by atoms with van der Waals surface area (Å²) in [6.07, 6.45) is 2.20. The van der Waals surface area contributed by atoms with Gasteiger partial charge in [0.1, 0.15) is 25.9 Å². The third kappa shape index (κ3) is 5.68. The second kappa shape index (κ2) is 10.2. The van der Waals surface area contributed by atoms with E-state index in [1.165, 1.54) is 11.2 Å². The lowest BCUT2D eigenvalue weighted by Gasteiger charge is -2.26. The molecule has 3 aromatic rings. The number of anilines is 1. The molecule has 0 spiro atoms. The van der Waals surface area contributed by atoms with E-state index in [0.717, 1.165) is 50.0 Å². The fourth-order valence-electron chi connectivity index (χ4n) is 3.82. The summed E-state index contributed by atoms with van der Waals surface area (Å²) in [5.41, 5.74) is 0.576. The molecule has 1 aromatic heterocycles. The number of morpholine rings is 1. The topological polar surface area (TPSA) is 89.1 Å². The van der Waals surface area contributed by atoms with E-state index < -0.39 is 0 Å². The van der Waals surface area contributed by atoms with Gasteiger partial charge >= 0.3 is 0 Å². The molecule has 4 rings (SSSR count). The molecular formula is C23H27N4O4+. The number of fused-ring (bicyclic) bond motifs is 1. The van der Waals surface area contributed by atoms with Crippen LogP contribution in [0.2, 0.25) is 0 Å². The summed E-state index contributed by atoms with van der Waals surface area (Å²) in [6, 6.07) is 15.1. The quantitative estimate of drug-likeness (QED) is 0.569. The van der Waals surface area contributed by atoms with Gasteiger partial charge in [-0.15, -0.1) is 0 Å². The first kappa shape index (κ1) is 21.0. The van der Waals surface area contributed by atoms with Gasteiger partial charge in [-0.05, 0) is 22.9 Å². The molecule has 2 N–H and O–H groups in total. The van der Waals surface area contributed by atoms with Gasteiger partial charge < -0.3 is 24.4 Å². The zero-order valence-electron chi connectivity index (χ0n) is 17.4. The standard InChI is InChI=1S/C23H26N4O4/c28-22(24-21-8-13-31-25-21)17-27(10-3-9-26-11-14-30-15-12-26)23(29)20-7-6-18-4-1-2-5-19(18)16-20/h1-2,4-8,13,16H,3,9-12,14-15,17H2,(H,24,25,28)/p+1. The highest BCUT2D eigenvalue weighted by atomic mass is 16.5. The monoisotopic (exact) mass is 423 g/mol. The van der Waals surface area contributed by atoms with Gasteiger partial charge in [-0.2, -0.15) is 0 Å². The van der Waals surface area contributed by atoms with Crippen LogP contribution in [-0.4, -0.2) is 67.8 Å². The van der Waals surface area contributed by atoms with Gasteiger partial charge in [0, 0.05) is 24.6 Å². The number of hydrogen-bond acceptors (Lipinski definition) is 5. The summed E-state index contributed by atoms with van der Waals surface area (Å²) in [6.45, 7) is 4.90. The van der Waals surface area contributed by atoms with Crippen LogP contribution in [0.5, 0.6) is 0 Å². The molecule has 0 bridgehead atoms. The van der Waals surface area contributed by atoms with E-state index in [-0.39, 0.29) is 18.4 Å². The van der Waals surface area contributed by atoms with Gasteiger partial charge in [0.05, 0.1) is 19.8 Å². The molecule has 2 heterocycles. The van der Waals surface area contributed by atoms with Gasteiger partial charge in [-0.1, -0.05) is 35.5 Å². The van der Waals surface area contributed by atoms with Crippen molar-refractivity contribution in [1.82, 2.24) is 10.1 Å². The van der Waals surface area contributed by atoms with Crippen molar-refractivity contribution in [2.24, 2.45) is 0 Å². The van der Waals surface area contributed by atoms with Crippen LogP contribution >= 0.6 is 0 Å². The lowest BCUT2D eigenvalue weighted by atomic mass is 10.1. The molecule has 0 atom stereocenters. The van der Waals surface area contributed by atoms with Crippen molar-refractivity contribution in [3.8, 4) is 0 Å². The van der Waals surface area contributed by atoms with Crippen molar-refractivity contribution in [1.29, 1.82) is 0 Å². The lowest BCUT2D eigenvalue weighted by Crippen LogP contribution is -3.14. The Morgan fingerprint density at radius 3 is 2.65 bits per heavy atom. The summed E-state index contributed by atoms with van der Waals surface area (Å²) in [4.78, 5) is 28.9. The molecule has 1 aliphatic rings. The Hall–Kier alpha value is -3.23. The Morgan fingerprint density at radius 1 is 1.06 bits per heavy atom. The summed E-state index contributed by atoms with van der Waals surface area (Å²) >= 11 is 0. The van der Waals surface area contributed by atoms with Crippen molar-refractivity contribution in [3.63, 3.8) is 0 Å². The number of carbonyl (C=O) groups excluding carboxylic acids is 2. The molecule has 2 aromatic carbocycles. The SMILES string of the molecule is O=C(CN(CCC[NH+]1CCOCC1)C(=O)c1ccc2ccccc2c1)Nc1ccon1. The van der Waals surface area contributed by atoms with Crippen molar-refractivity contribution >= 4 is 28.4 Å². The predicted molar refractivity (Wildman–Crippen MR) is 116 cm³/mol. The number of rotatable bonds is 8. The first-order valence-electron chi connectivity index (χ1n) is 10.6. The van der Waals surface area contributed by atoms with Gasteiger partial charge in [0.15, 0.2) is 5.82 Å². The molecule has 0 aliphatic carbocycles. The summed E-state index contributed by atoms with van der Waals surface area (Å²) in [7, 11) is 0. The van der Waals surface area contributed by atoms with Crippen LogP contribution < -0.4 is 10.2 Å². The molecule has 1 saturated heterocycles. The maximum Gasteiger partial charge on any atom is 0.254 e. The smallest absolute Gasteiger partial charge is 0.254 e. The van der Waals surface area contributed by atoms with Crippen molar-refractivity contribution in [2.75, 3.05) is 51.3 Å². The van der Waals surface area contributed by atoms with E-state index in [0.29, 0.717) is 17.9 Å². The highest BCUT2D eigenvalue weighted by molar-refractivity contribution is 6.01. The van der Waals surface area contributed by atoms with Crippen LogP contribution in [0.25, 0.3) is 10.8 Å². The fourth-order valence-corrected chi connectivity index (χ4v) is 3.82. The Balaban J connectivity index is 1.45. The second-order valence-corrected chi connectivity index (χ2v) is 7.69. The van der Waals surface area contributed by atoms with Crippen LogP contribution in [-0.2, 0) is 9.53 Å². The number of aromatic nitrogens is 1. The third-order valence-electron chi connectivity index (χ3n) is 5.48. The number of amides is 2. The number of quaternary nitrogens is 1. The number of benzene rings is 2. The van der Waals surface area contributed by atoms with Crippen LogP contribution in [0.1, 0.15) is 16.8 Å². The average molecular weight is 423 g/mol. The van der Waals surface area contributed by atoms with Crippen molar-refractivity contribution < 1.29 is 23.7 Å². The molecule has 1 fully saturated rings. The highest BCUT2D eigenvalue weighted by Gasteiger charge is 2.21. The summed E-state index contributed by atoms with van der Waals surface area (Å²) in [5.74, 6) is -0.124. The molecule has 0 radical (unpaired) electrons. The van der Waals surface area contributed by atoms with Gasteiger partial charge in [0.25, 0.3) is 5.91 Å². The fraction of sp³-hybridized carbons (Fsp3) is 0.348. The minimum Gasteiger partial charge on any atom is -0.370 e. The molecule has 2 amide bonds. The number of carbonyl (C=O) groups is 2. The van der Waals surface area contributed by atoms with E-state index in [4.69, 9.17) is 9.26 Å². The second-order valence-electron chi connectivity index (χ2n) is 7.69. The zero-order chi connectivity index (χ0) is 21.5. The molecule has 8 nitrogen and oxygen atoms in total. The third-order valence-corrected chi connectivity index (χ3v) is 5.48. The Morgan fingerprint density at radius 2 is 1.87 bits per heavy atom. The Kier molecular flexibility index (Phi) is 6.91. The van der Waals surface area contributed by atoms with E-state index in [1.807, 2.05) is 42.5 Å². The number of nitrogens with one attached hydrogen (secondary N) is 2. The zero-order valence-corrected chi connectivity index (χ0v) is 17.4. The highest BCUT2D eigenvalue weighted by Crippen LogP contribution is 2.17. The van der Waals surface area contributed by atoms with Crippen LogP contribution in [0, 0.1) is 0 Å². The molecular weight excluding hydrogens is 396 g/mol. The van der Waals surface area contributed by atoms with E-state index >= 15 is 0 Å².